The van der Waals surface area contributed by atoms with E-state index < -0.39 is 0 Å². The van der Waals surface area contributed by atoms with Crippen molar-refractivity contribution in [2.24, 2.45) is 0 Å². The molecule has 2 nitrogen and oxygen atoms in total. The van der Waals surface area contributed by atoms with Gasteiger partial charge in [-0.1, -0.05) is 17.7 Å². The molecule has 0 bridgehead atoms. The molecule has 0 aliphatic heterocycles. The highest BCUT2D eigenvalue weighted by Crippen LogP contribution is 2.28. The Balaban J connectivity index is 2.97. The molecule has 66 valence electrons. The Hall–Kier alpha value is -0.800. The van der Waals surface area contributed by atoms with Crippen molar-refractivity contribution < 1.29 is 0 Å². The van der Waals surface area contributed by atoms with Crippen LogP contribution in [-0.4, -0.2) is 4.98 Å². The topological polar surface area (TPSA) is 32.9 Å². The Morgan fingerprint density at radius 1 is 1.23 bits per heavy atom. The zero-order valence-electron chi connectivity index (χ0n) is 6.47. The summed E-state index contributed by atoms with van der Waals surface area (Å²) >= 11 is 9.18. The molecule has 0 radical (unpaired) electrons. The summed E-state index contributed by atoms with van der Waals surface area (Å²) in [6.45, 7) is 0. The van der Waals surface area contributed by atoms with Crippen molar-refractivity contribution in [2.75, 3.05) is 0 Å². The number of aromatic amines is 1. The maximum atomic E-state index is 11.0. The third kappa shape index (κ3) is 1.49. The van der Waals surface area contributed by atoms with Gasteiger partial charge in [-0.05, 0) is 33.4 Å². The van der Waals surface area contributed by atoms with Crippen molar-refractivity contribution in [1.29, 1.82) is 0 Å². The molecule has 1 heterocycles. The standard InChI is InChI=1S/C9H5BrClNO/c10-8-6(11)3-1-5-2-4-7(13)12-9(5)8/h1-4H,(H,12,13). The summed E-state index contributed by atoms with van der Waals surface area (Å²) in [5.41, 5.74) is 0.607. The Morgan fingerprint density at radius 3 is 2.69 bits per heavy atom. The van der Waals surface area contributed by atoms with Crippen LogP contribution in [0.1, 0.15) is 0 Å². The third-order valence-electron chi connectivity index (χ3n) is 1.79. The maximum Gasteiger partial charge on any atom is 0.248 e. The largest absolute Gasteiger partial charge is 0.321 e. The number of H-pyrrole nitrogens is 1. The molecule has 0 amide bonds. The van der Waals surface area contributed by atoms with Crippen molar-refractivity contribution in [3.8, 4) is 0 Å². The van der Waals surface area contributed by atoms with Gasteiger partial charge in [0.25, 0.3) is 0 Å². The lowest BCUT2D eigenvalue weighted by molar-refractivity contribution is 1.30. The highest BCUT2D eigenvalue weighted by Gasteiger charge is 2.02. The Kier molecular flexibility index (Phi) is 2.14. The first kappa shape index (κ1) is 8.78. The van der Waals surface area contributed by atoms with Gasteiger partial charge >= 0.3 is 0 Å². The summed E-state index contributed by atoms with van der Waals surface area (Å²) in [6, 6.07) is 6.89. The van der Waals surface area contributed by atoms with Gasteiger partial charge < -0.3 is 4.98 Å². The maximum absolute atomic E-state index is 11.0. The van der Waals surface area contributed by atoms with E-state index in [0.29, 0.717) is 5.02 Å². The van der Waals surface area contributed by atoms with Crippen molar-refractivity contribution in [1.82, 2.24) is 4.98 Å². The molecule has 0 aliphatic rings. The van der Waals surface area contributed by atoms with Gasteiger partial charge in [0, 0.05) is 6.07 Å². The highest BCUT2D eigenvalue weighted by atomic mass is 79.9. The summed E-state index contributed by atoms with van der Waals surface area (Å²) in [4.78, 5) is 13.7. The number of fused-ring (bicyclic) bond motifs is 1. The van der Waals surface area contributed by atoms with E-state index in [9.17, 15) is 4.79 Å². The molecule has 0 aliphatic carbocycles. The average molecular weight is 259 g/mol. The van der Waals surface area contributed by atoms with E-state index in [1.54, 1.807) is 12.1 Å². The molecule has 0 fully saturated rings. The molecule has 2 aromatic rings. The molecule has 4 heteroatoms. The van der Waals surface area contributed by atoms with Crippen LogP contribution in [0.5, 0.6) is 0 Å². The summed E-state index contributed by atoms with van der Waals surface area (Å²) < 4.78 is 0.726. The van der Waals surface area contributed by atoms with Gasteiger partial charge in [0.15, 0.2) is 0 Å². The van der Waals surface area contributed by atoms with Crippen LogP contribution in [0.3, 0.4) is 0 Å². The molecular formula is C9H5BrClNO. The lowest BCUT2D eigenvalue weighted by atomic mass is 10.2. The van der Waals surface area contributed by atoms with Crippen LogP contribution in [0.4, 0.5) is 0 Å². The van der Waals surface area contributed by atoms with Crippen LogP contribution in [0.2, 0.25) is 5.02 Å². The van der Waals surface area contributed by atoms with Gasteiger partial charge in [-0.15, -0.1) is 0 Å². The monoisotopic (exact) mass is 257 g/mol. The summed E-state index contributed by atoms with van der Waals surface area (Å²) in [5.74, 6) is 0. The number of hydrogen-bond acceptors (Lipinski definition) is 1. The van der Waals surface area contributed by atoms with E-state index >= 15 is 0 Å². The SMILES string of the molecule is O=c1ccc2ccc(Cl)c(Br)c2[nH]1. The van der Waals surface area contributed by atoms with E-state index in [4.69, 9.17) is 11.6 Å². The molecule has 0 spiro atoms. The zero-order chi connectivity index (χ0) is 9.42. The number of nitrogens with one attached hydrogen (secondary N) is 1. The van der Waals surface area contributed by atoms with E-state index in [1.165, 1.54) is 6.07 Å². The lowest BCUT2D eigenvalue weighted by Crippen LogP contribution is -2.02. The second-order valence-electron chi connectivity index (χ2n) is 2.65. The molecule has 0 unspecified atom stereocenters. The molecule has 1 aromatic carbocycles. The number of halogens is 2. The van der Waals surface area contributed by atoms with Crippen LogP contribution < -0.4 is 5.56 Å². The van der Waals surface area contributed by atoms with Gasteiger partial charge in [-0.3, -0.25) is 4.79 Å². The number of benzene rings is 1. The normalized spacial score (nSPS) is 10.6. The lowest BCUT2D eigenvalue weighted by Gasteiger charge is -2.01. The second kappa shape index (κ2) is 3.16. The minimum atomic E-state index is -0.129. The predicted octanol–water partition coefficient (Wildman–Crippen LogP) is 2.94. The van der Waals surface area contributed by atoms with Crippen LogP contribution >= 0.6 is 27.5 Å². The first-order valence-corrected chi connectivity index (χ1v) is 4.82. The van der Waals surface area contributed by atoms with Crippen molar-refractivity contribution in [3.63, 3.8) is 0 Å². The fourth-order valence-corrected chi connectivity index (χ4v) is 1.78. The first-order chi connectivity index (χ1) is 6.18. The van der Waals surface area contributed by atoms with Crippen LogP contribution in [0.15, 0.2) is 33.5 Å². The molecule has 1 N–H and O–H groups in total. The van der Waals surface area contributed by atoms with Gasteiger partial charge in [0.05, 0.1) is 15.0 Å². The number of rotatable bonds is 0. The Morgan fingerprint density at radius 2 is 1.92 bits per heavy atom. The number of aromatic nitrogens is 1. The molecule has 2 rings (SSSR count). The number of hydrogen-bond donors (Lipinski definition) is 1. The Bertz CT molecular complexity index is 520. The molecule has 0 atom stereocenters. The quantitative estimate of drug-likeness (QED) is 0.774. The van der Waals surface area contributed by atoms with E-state index in [0.717, 1.165) is 15.4 Å². The van der Waals surface area contributed by atoms with Crippen molar-refractivity contribution in [3.05, 3.63) is 44.1 Å². The number of pyridine rings is 1. The fraction of sp³-hybridized carbons (Fsp3) is 0. The molecule has 1 aromatic heterocycles. The Labute approximate surface area is 87.7 Å². The second-order valence-corrected chi connectivity index (χ2v) is 3.85. The third-order valence-corrected chi connectivity index (χ3v) is 3.16. The van der Waals surface area contributed by atoms with E-state index in [-0.39, 0.29) is 5.56 Å². The van der Waals surface area contributed by atoms with Crippen LogP contribution in [-0.2, 0) is 0 Å². The zero-order valence-corrected chi connectivity index (χ0v) is 8.82. The van der Waals surface area contributed by atoms with Crippen LogP contribution in [0.25, 0.3) is 10.9 Å². The van der Waals surface area contributed by atoms with Crippen molar-refractivity contribution in [2.45, 2.75) is 0 Å². The molecule has 13 heavy (non-hydrogen) atoms. The average Bonchev–Trinajstić information content (AvgIpc) is 2.12. The fourth-order valence-electron chi connectivity index (χ4n) is 1.16. The summed E-state index contributed by atoms with van der Waals surface area (Å²) in [5, 5.41) is 1.55. The minimum absolute atomic E-state index is 0.129. The molecular weight excluding hydrogens is 253 g/mol. The summed E-state index contributed by atoms with van der Waals surface area (Å²) in [7, 11) is 0. The smallest absolute Gasteiger partial charge is 0.248 e. The van der Waals surface area contributed by atoms with Gasteiger partial charge in [0.2, 0.25) is 5.56 Å². The molecule has 0 saturated heterocycles. The predicted molar refractivity (Wildman–Crippen MR) is 57.3 cm³/mol. The van der Waals surface area contributed by atoms with Gasteiger partial charge in [-0.2, -0.15) is 0 Å². The van der Waals surface area contributed by atoms with Crippen molar-refractivity contribution >= 4 is 38.4 Å². The minimum Gasteiger partial charge on any atom is -0.321 e. The summed E-state index contributed by atoms with van der Waals surface area (Å²) in [6.07, 6.45) is 0. The van der Waals surface area contributed by atoms with Crippen LogP contribution in [0, 0.1) is 0 Å². The van der Waals surface area contributed by atoms with Gasteiger partial charge in [0.1, 0.15) is 0 Å². The first-order valence-electron chi connectivity index (χ1n) is 3.65. The molecule has 0 saturated carbocycles. The van der Waals surface area contributed by atoms with E-state index in [1.807, 2.05) is 6.07 Å². The van der Waals surface area contributed by atoms with Gasteiger partial charge in [-0.25, -0.2) is 0 Å². The highest BCUT2D eigenvalue weighted by molar-refractivity contribution is 9.10. The van der Waals surface area contributed by atoms with E-state index in [2.05, 4.69) is 20.9 Å².